The summed E-state index contributed by atoms with van der Waals surface area (Å²) in [7, 11) is 1.62. The number of benzene rings is 2. The summed E-state index contributed by atoms with van der Waals surface area (Å²) >= 11 is 0. The predicted molar refractivity (Wildman–Crippen MR) is 72.3 cm³/mol. The number of fused-ring (bicyclic) bond motifs is 1. The summed E-state index contributed by atoms with van der Waals surface area (Å²) < 4.78 is 11.0. The minimum Gasteiger partial charge on any atom is -0.497 e. The standard InChI is InChI=1S/C16H16O3/c1-18-14-8-7-12-9-10-16(17,19-15(12)11-14)13-5-3-2-4-6-13/h2-8,11,17H,9-10H2,1H3. The molecule has 0 fully saturated rings. The van der Waals surface area contributed by atoms with Crippen LogP contribution in [0.15, 0.2) is 48.5 Å². The van der Waals surface area contributed by atoms with Gasteiger partial charge in [-0.15, -0.1) is 0 Å². The van der Waals surface area contributed by atoms with E-state index in [2.05, 4.69) is 0 Å². The monoisotopic (exact) mass is 256 g/mol. The molecule has 3 heteroatoms. The van der Waals surface area contributed by atoms with E-state index >= 15 is 0 Å². The van der Waals surface area contributed by atoms with Crippen LogP contribution in [0.3, 0.4) is 0 Å². The summed E-state index contributed by atoms with van der Waals surface area (Å²) in [5, 5.41) is 10.7. The molecule has 1 unspecified atom stereocenters. The molecule has 0 saturated heterocycles. The zero-order chi connectivity index (χ0) is 13.3. The summed E-state index contributed by atoms with van der Waals surface area (Å²) in [4.78, 5) is 0. The van der Waals surface area contributed by atoms with Crippen molar-refractivity contribution in [3.8, 4) is 11.5 Å². The van der Waals surface area contributed by atoms with Crippen molar-refractivity contribution in [1.29, 1.82) is 0 Å². The zero-order valence-electron chi connectivity index (χ0n) is 10.8. The van der Waals surface area contributed by atoms with Gasteiger partial charge in [0.2, 0.25) is 5.79 Å². The summed E-state index contributed by atoms with van der Waals surface area (Å²) in [5.74, 6) is 0.175. The highest BCUT2D eigenvalue weighted by atomic mass is 16.6. The van der Waals surface area contributed by atoms with E-state index in [0.717, 1.165) is 23.3 Å². The van der Waals surface area contributed by atoms with Crippen molar-refractivity contribution < 1.29 is 14.6 Å². The number of hydrogen-bond donors (Lipinski definition) is 1. The lowest BCUT2D eigenvalue weighted by Gasteiger charge is -2.34. The van der Waals surface area contributed by atoms with Gasteiger partial charge in [-0.2, -0.15) is 0 Å². The fourth-order valence-corrected chi connectivity index (χ4v) is 2.40. The Morgan fingerprint density at radius 3 is 2.68 bits per heavy atom. The van der Waals surface area contributed by atoms with Crippen LogP contribution in [0, 0.1) is 0 Å². The third-order valence-electron chi connectivity index (χ3n) is 3.51. The minimum atomic E-state index is -1.25. The van der Waals surface area contributed by atoms with Gasteiger partial charge in [-0.05, 0) is 18.1 Å². The molecule has 3 nitrogen and oxygen atoms in total. The van der Waals surface area contributed by atoms with Gasteiger partial charge in [0.25, 0.3) is 0 Å². The lowest BCUT2D eigenvalue weighted by Crippen LogP contribution is -2.36. The number of hydrogen-bond acceptors (Lipinski definition) is 3. The molecule has 0 spiro atoms. The molecule has 1 atom stereocenters. The normalized spacial score (nSPS) is 21.4. The molecule has 2 aromatic rings. The molecule has 0 saturated carbocycles. The Labute approximate surface area is 112 Å². The topological polar surface area (TPSA) is 38.7 Å². The fraction of sp³-hybridized carbons (Fsp3) is 0.250. The van der Waals surface area contributed by atoms with Crippen molar-refractivity contribution in [2.24, 2.45) is 0 Å². The van der Waals surface area contributed by atoms with Crippen LogP contribution in [-0.2, 0) is 12.2 Å². The van der Waals surface area contributed by atoms with Gasteiger partial charge in [-0.25, -0.2) is 0 Å². The predicted octanol–water partition coefficient (Wildman–Crippen LogP) is 2.87. The Hall–Kier alpha value is -2.00. The molecular weight excluding hydrogens is 240 g/mol. The van der Waals surface area contributed by atoms with E-state index in [0.29, 0.717) is 12.2 Å². The summed E-state index contributed by atoms with van der Waals surface area (Å²) in [6.45, 7) is 0. The molecule has 1 heterocycles. The Morgan fingerprint density at radius 2 is 1.95 bits per heavy atom. The fourth-order valence-electron chi connectivity index (χ4n) is 2.40. The van der Waals surface area contributed by atoms with E-state index in [1.807, 2.05) is 48.5 Å². The lowest BCUT2D eigenvalue weighted by atomic mass is 9.94. The average Bonchev–Trinajstić information content (AvgIpc) is 2.47. The van der Waals surface area contributed by atoms with Gasteiger partial charge in [0.05, 0.1) is 7.11 Å². The number of aliphatic hydroxyl groups is 1. The third-order valence-corrected chi connectivity index (χ3v) is 3.51. The maximum atomic E-state index is 10.7. The van der Waals surface area contributed by atoms with Gasteiger partial charge in [-0.1, -0.05) is 36.4 Å². The van der Waals surface area contributed by atoms with Crippen LogP contribution >= 0.6 is 0 Å². The van der Waals surface area contributed by atoms with Gasteiger partial charge in [-0.3, -0.25) is 0 Å². The molecule has 19 heavy (non-hydrogen) atoms. The quantitative estimate of drug-likeness (QED) is 0.898. The molecule has 1 aliphatic heterocycles. The molecule has 1 N–H and O–H groups in total. The zero-order valence-corrected chi connectivity index (χ0v) is 10.8. The molecule has 0 aliphatic carbocycles. The lowest BCUT2D eigenvalue weighted by molar-refractivity contribution is -0.158. The highest BCUT2D eigenvalue weighted by Crippen LogP contribution is 2.39. The molecule has 0 bridgehead atoms. The van der Waals surface area contributed by atoms with E-state index < -0.39 is 5.79 Å². The van der Waals surface area contributed by atoms with Gasteiger partial charge in [0.1, 0.15) is 11.5 Å². The van der Waals surface area contributed by atoms with Crippen LogP contribution < -0.4 is 9.47 Å². The first-order chi connectivity index (χ1) is 9.21. The maximum absolute atomic E-state index is 10.7. The van der Waals surface area contributed by atoms with Crippen LogP contribution in [0.5, 0.6) is 11.5 Å². The summed E-state index contributed by atoms with van der Waals surface area (Å²) in [5.41, 5.74) is 1.88. The first-order valence-corrected chi connectivity index (χ1v) is 6.35. The first-order valence-electron chi connectivity index (χ1n) is 6.35. The van der Waals surface area contributed by atoms with Gasteiger partial charge in [0.15, 0.2) is 0 Å². The van der Waals surface area contributed by atoms with Crippen LogP contribution in [0.25, 0.3) is 0 Å². The number of aryl methyl sites for hydroxylation is 1. The molecule has 2 aromatic carbocycles. The van der Waals surface area contributed by atoms with E-state index in [4.69, 9.17) is 9.47 Å². The third kappa shape index (κ3) is 2.17. The molecule has 3 rings (SSSR count). The highest BCUT2D eigenvalue weighted by molar-refractivity contribution is 5.43. The number of ether oxygens (including phenoxy) is 2. The second-order valence-electron chi connectivity index (χ2n) is 4.73. The van der Waals surface area contributed by atoms with Crippen molar-refractivity contribution in [3.05, 3.63) is 59.7 Å². The van der Waals surface area contributed by atoms with E-state index in [-0.39, 0.29) is 0 Å². The summed E-state index contributed by atoms with van der Waals surface area (Å²) in [6, 6.07) is 15.2. The second kappa shape index (κ2) is 4.59. The van der Waals surface area contributed by atoms with Gasteiger partial charge < -0.3 is 14.6 Å². The van der Waals surface area contributed by atoms with Crippen LogP contribution in [-0.4, -0.2) is 12.2 Å². The van der Waals surface area contributed by atoms with E-state index in [1.165, 1.54) is 0 Å². The highest BCUT2D eigenvalue weighted by Gasteiger charge is 2.35. The van der Waals surface area contributed by atoms with E-state index in [9.17, 15) is 5.11 Å². The smallest absolute Gasteiger partial charge is 0.235 e. The molecule has 0 amide bonds. The van der Waals surface area contributed by atoms with Crippen molar-refractivity contribution in [1.82, 2.24) is 0 Å². The Morgan fingerprint density at radius 1 is 1.16 bits per heavy atom. The van der Waals surface area contributed by atoms with Crippen molar-refractivity contribution in [2.45, 2.75) is 18.6 Å². The second-order valence-corrected chi connectivity index (χ2v) is 4.73. The summed E-state index contributed by atoms with van der Waals surface area (Å²) in [6.07, 6.45) is 1.33. The molecule has 98 valence electrons. The number of methoxy groups -OCH3 is 1. The first kappa shape index (κ1) is 12.1. The molecule has 1 aliphatic rings. The Kier molecular flexibility index (Phi) is 2.91. The Bertz CT molecular complexity index is 580. The van der Waals surface area contributed by atoms with Crippen LogP contribution in [0.1, 0.15) is 17.5 Å². The van der Waals surface area contributed by atoms with Crippen LogP contribution in [0.4, 0.5) is 0 Å². The molecular formula is C16H16O3. The average molecular weight is 256 g/mol. The van der Waals surface area contributed by atoms with Crippen molar-refractivity contribution in [3.63, 3.8) is 0 Å². The Balaban J connectivity index is 1.96. The minimum absolute atomic E-state index is 0.552. The number of rotatable bonds is 2. The molecule has 0 aromatic heterocycles. The van der Waals surface area contributed by atoms with E-state index in [1.54, 1.807) is 7.11 Å². The van der Waals surface area contributed by atoms with Gasteiger partial charge >= 0.3 is 0 Å². The largest absolute Gasteiger partial charge is 0.497 e. The van der Waals surface area contributed by atoms with Crippen molar-refractivity contribution in [2.75, 3.05) is 7.11 Å². The van der Waals surface area contributed by atoms with Crippen LogP contribution in [0.2, 0.25) is 0 Å². The SMILES string of the molecule is COc1ccc2c(c1)OC(O)(c1ccccc1)CC2. The maximum Gasteiger partial charge on any atom is 0.235 e. The van der Waals surface area contributed by atoms with Crippen molar-refractivity contribution >= 4 is 0 Å². The molecule has 0 radical (unpaired) electrons. The van der Waals surface area contributed by atoms with Gasteiger partial charge in [0, 0.05) is 18.1 Å².